The Balaban J connectivity index is 1.75. The van der Waals surface area contributed by atoms with Crippen LogP contribution in [0.25, 0.3) is 0 Å². The van der Waals surface area contributed by atoms with Gasteiger partial charge >= 0.3 is 0 Å². The Hall–Kier alpha value is -2.37. The van der Waals surface area contributed by atoms with Crippen molar-refractivity contribution in [1.82, 2.24) is 15.1 Å². The molecule has 0 aromatic carbocycles. The Morgan fingerprint density at radius 2 is 2.28 bits per heavy atom. The molecule has 2 aromatic rings. The van der Waals surface area contributed by atoms with Gasteiger partial charge < -0.3 is 9.73 Å². The molecule has 0 radical (unpaired) electrons. The van der Waals surface area contributed by atoms with Gasteiger partial charge in [0, 0.05) is 25.4 Å². The summed E-state index contributed by atoms with van der Waals surface area (Å²) in [6, 6.07) is 6.30. The van der Waals surface area contributed by atoms with E-state index in [2.05, 4.69) is 10.4 Å². The molecule has 6 nitrogen and oxygen atoms in total. The second kappa shape index (κ2) is 5.81. The average molecular weight is 247 g/mol. The van der Waals surface area contributed by atoms with E-state index in [-0.39, 0.29) is 17.2 Å². The first-order valence-corrected chi connectivity index (χ1v) is 5.61. The van der Waals surface area contributed by atoms with Crippen LogP contribution in [0.3, 0.4) is 0 Å². The van der Waals surface area contributed by atoms with E-state index in [0.717, 1.165) is 0 Å². The molecule has 6 heteroatoms. The summed E-state index contributed by atoms with van der Waals surface area (Å²) < 4.78 is 6.31. The minimum atomic E-state index is -0.256. The van der Waals surface area contributed by atoms with E-state index in [1.807, 2.05) is 0 Å². The second-order valence-electron chi connectivity index (χ2n) is 3.67. The largest absolute Gasteiger partial charge is 0.459 e. The number of amides is 1. The fourth-order valence-electron chi connectivity index (χ4n) is 1.48. The molecule has 1 N–H and O–H groups in total. The first-order valence-electron chi connectivity index (χ1n) is 5.61. The van der Waals surface area contributed by atoms with Gasteiger partial charge in [-0.25, -0.2) is 4.68 Å². The maximum atomic E-state index is 11.5. The molecule has 0 saturated carbocycles. The molecule has 0 spiro atoms. The predicted octanol–water partition coefficient (Wildman–Crippen LogP) is 0.656. The first-order chi connectivity index (χ1) is 8.77. The number of carbonyl (C=O) groups excluding carboxylic acids is 1. The molecule has 0 bridgehead atoms. The number of nitrogens with zero attached hydrogens (tertiary/aromatic N) is 2. The third-order valence-electron chi connectivity index (χ3n) is 2.36. The molecule has 0 unspecified atom stereocenters. The van der Waals surface area contributed by atoms with Crippen molar-refractivity contribution in [2.45, 2.75) is 13.0 Å². The maximum Gasteiger partial charge on any atom is 0.286 e. The van der Waals surface area contributed by atoms with Crippen LogP contribution < -0.4 is 10.9 Å². The fraction of sp³-hybridized carbons (Fsp3) is 0.250. The molecule has 0 atom stereocenters. The number of aryl methyl sites for hydroxylation is 1. The van der Waals surface area contributed by atoms with Crippen LogP contribution in [-0.2, 0) is 6.54 Å². The second-order valence-corrected chi connectivity index (χ2v) is 3.67. The van der Waals surface area contributed by atoms with Gasteiger partial charge in [-0.1, -0.05) is 0 Å². The van der Waals surface area contributed by atoms with Gasteiger partial charge in [0.05, 0.1) is 6.26 Å². The smallest absolute Gasteiger partial charge is 0.286 e. The molecule has 0 aliphatic rings. The van der Waals surface area contributed by atoms with Crippen LogP contribution in [0.15, 0.2) is 45.9 Å². The molecule has 94 valence electrons. The lowest BCUT2D eigenvalue weighted by Gasteiger charge is -2.04. The van der Waals surface area contributed by atoms with Crippen molar-refractivity contribution in [2.24, 2.45) is 0 Å². The highest BCUT2D eigenvalue weighted by Crippen LogP contribution is 1.98. The van der Waals surface area contributed by atoms with Crippen LogP contribution in [0.5, 0.6) is 0 Å². The molecular formula is C12H13N3O3. The minimum absolute atomic E-state index is 0.144. The zero-order valence-electron chi connectivity index (χ0n) is 9.70. The predicted molar refractivity (Wildman–Crippen MR) is 64.2 cm³/mol. The number of rotatable bonds is 5. The van der Waals surface area contributed by atoms with E-state index >= 15 is 0 Å². The van der Waals surface area contributed by atoms with Gasteiger partial charge in [-0.15, -0.1) is 0 Å². The summed E-state index contributed by atoms with van der Waals surface area (Å²) in [5.74, 6) is 0.0263. The third-order valence-corrected chi connectivity index (χ3v) is 2.36. The van der Waals surface area contributed by atoms with Gasteiger partial charge in [-0.3, -0.25) is 9.59 Å². The van der Waals surface area contributed by atoms with Gasteiger partial charge in [0.15, 0.2) is 5.76 Å². The summed E-state index contributed by atoms with van der Waals surface area (Å²) in [4.78, 5) is 22.8. The highest BCUT2D eigenvalue weighted by molar-refractivity contribution is 5.91. The topological polar surface area (TPSA) is 77.1 Å². The van der Waals surface area contributed by atoms with Crippen LogP contribution in [0.1, 0.15) is 17.0 Å². The van der Waals surface area contributed by atoms with Crippen molar-refractivity contribution in [3.05, 3.63) is 52.8 Å². The van der Waals surface area contributed by atoms with Crippen molar-refractivity contribution < 1.29 is 9.21 Å². The van der Waals surface area contributed by atoms with Gasteiger partial charge in [-0.05, 0) is 24.6 Å². The maximum absolute atomic E-state index is 11.5. The number of aromatic nitrogens is 2. The number of furan rings is 1. The minimum Gasteiger partial charge on any atom is -0.459 e. The summed E-state index contributed by atoms with van der Waals surface area (Å²) in [7, 11) is 0. The molecule has 2 rings (SSSR count). The van der Waals surface area contributed by atoms with Crippen molar-refractivity contribution in [3.8, 4) is 0 Å². The third kappa shape index (κ3) is 3.07. The summed E-state index contributed by atoms with van der Waals surface area (Å²) in [6.07, 6.45) is 3.63. The van der Waals surface area contributed by atoms with Crippen LogP contribution in [0.2, 0.25) is 0 Å². The molecule has 0 fully saturated rings. The Kier molecular flexibility index (Phi) is 3.90. The van der Waals surface area contributed by atoms with Gasteiger partial charge in [0.1, 0.15) is 0 Å². The van der Waals surface area contributed by atoms with E-state index < -0.39 is 0 Å². The Labute approximate surface area is 103 Å². The van der Waals surface area contributed by atoms with E-state index in [9.17, 15) is 9.59 Å². The van der Waals surface area contributed by atoms with Crippen molar-refractivity contribution in [1.29, 1.82) is 0 Å². The summed E-state index contributed by atoms with van der Waals surface area (Å²) in [5.41, 5.74) is -0.144. The number of hydrogen-bond acceptors (Lipinski definition) is 4. The summed E-state index contributed by atoms with van der Waals surface area (Å²) in [5, 5.41) is 6.62. The van der Waals surface area contributed by atoms with Gasteiger partial charge in [-0.2, -0.15) is 5.10 Å². The highest BCUT2D eigenvalue weighted by Gasteiger charge is 2.06. The van der Waals surface area contributed by atoms with Gasteiger partial charge in [0.2, 0.25) is 0 Å². The Morgan fingerprint density at radius 3 is 3.00 bits per heavy atom. The molecule has 0 aliphatic heterocycles. The lowest BCUT2D eigenvalue weighted by molar-refractivity contribution is 0.0925. The van der Waals surface area contributed by atoms with Crippen molar-refractivity contribution in [2.75, 3.05) is 6.54 Å². The Morgan fingerprint density at radius 1 is 1.39 bits per heavy atom. The average Bonchev–Trinajstić information content (AvgIpc) is 2.90. The van der Waals surface area contributed by atoms with Crippen molar-refractivity contribution in [3.63, 3.8) is 0 Å². The molecule has 0 saturated heterocycles. The lowest BCUT2D eigenvalue weighted by Crippen LogP contribution is -2.27. The molecule has 1 amide bonds. The molecule has 2 heterocycles. The Bertz CT molecular complexity index is 560. The first kappa shape index (κ1) is 12.1. The highest BCUT2D eigenvalue weighted by atomic mass is 16.3. The molecular weight excluding hydrogens is 234 g/mol. The van der Waals surface area contributed by atoms with Crippen LogP contribution in [-0.4, -0.2) is 22.2 Å². The van der Waals surface area contributed by atoms with E-state index in [1.54, 1.807) is 24.4 Å². The van der Waals surface area contributed by atoms with E-state index in [1.165, 1.54) is 17.0 Å². The molecule has 0 aliphatic carbocycles. The van der Waals surface area contributed by atoms with E-state index in [4.69, 9.17) is 4.42 Å². The van der Waals surface area contributed by atoms with Gasteiger partial charge in [0.25, 0.3) is 11.5 Å². The molecule has 18 heavy (non-hydrogen) atoms. The SMILES string of the molecule is O=C(NCCCn1ncccc1=O)c1ccco1. The zero-order valence-corrected chi connectivity index (χ0v) is 9.70. The van der Waals surface area contributed by atoms with Crippen LogP contribution >= 0.6 is 0 Å². The monoisotopic (exact) mass is 247 g/mol. The van der Waals surface area contributed by atoms with Crippen LogP contribution in [0, 0.1) is 0 Å². The van der Waals surface area contributed by atoms with E-state index in [0.29, 0.717) is 19.5 Å². The van der Waals surface area contributed by atoms with Crippen molar-refractivity contribution >= 4 is 5.91 Å². The summed E-state index contributed by atoms with van der Waals surface area (Å²) in [6.45, 7) is 0.931. The van der Waals surface area contributed by atoms with Crippen LogP contribution in [0.4, 0.5) is 0 Å². The lowest BCUT2D eigenvalue weighted by atomic mass is 10.4. The number of carbonyl (C=O) groups is 1. The standard InChI is InChI=1S/C12H13N3O3/c16-11-5-1-7-14-15(11)8-3-6-13-12(17)10-4-2-9-18-10/h1-2,4-5,7,9H,3,6,8H2,(H,13,17). The molecule has 2 aromatic heterocycles. The summed E-state index contributed by atoms with van der Waals surface area (Å²) >= 11 is 0. The number of hydrogen-bond donors (Lipinski definition) is 1. The quantitative estimate of drug-likeness (QED) is 0.787. The zero-order chi connectivity index (χ0) is 12.8. The fourth-order valence-corrected chi connectivity index (χ4v) is 1.48. The number of nitrogens with one attached hydrogen (secondary N) is 1. The normalized spacial score (nSPS) is 10.2.